The molecular weight excluding hydrogens is 288 g/mol. The second-order valence-electron chi connectivity index (χ2n) is 6.25. The normalized spacial score (nSPS) is 19.6. The Morgan fingerprint density at radius 2 is 1.74 bits per heavy atom. The number of rotatable bonds is 3. The molecule has 4 heteroatoms. The molecule has 1 N–H and O–H groups in total. The van der Waals surface area contributed by atoms with Gasteiger partial charge in [0.05, 0.1) is 6.17 Å². The van der Waals surface area contributed by atoms with Crippen LogP contribution in [0.15, 0.2) is 48.5 Å². The molecule has 0 saturated carbocycles. The average molecular weight is 308 g/mol. The van der Waals surface area contributed by atoms with E-state index in [0.29, 0.717) is 6.61 Å². The third-order valence-corrected chi connectivity index (χ3v) is 4.92. The van der Waals surface area contributed by atoms with Crippen molar-refractivity contribution in [3.63, 3.8) is 0 Å². The quantitative estimate of drug-likeness (QED) is 0.947. The fourth-order valence-electron chi connectivity index (χ4n) is 3.47. The minimum atomic E-state index is -0.330. The van der Waals surface area contributed by atoms with Crippen molar-refractivity contribution >= 4 is 6.09 Å². The summed E-state index contributed by atoms with van der Waals surface area (Å²) in [5.41, 5.74) is 4.97. The molecule has 118 valence electrons. The van der Waals surface area contributed by atoms with Gasteiger partial charge in [-0.1, -0.05) is 48.5 Å². The molecule has 2 aromatic rings. The number of ether oxygens (including phenoxy) is 1. The molecule has 1 fully saturated rings. The number of hydrogen-bond donors (Lipinski definition) is 1. The Labute approximate surface area is 136 Å². The lowest BCUT2D eigenvalue weighted by Gasteiger charge is -2.37. The number of amides is 1. The number of benzene rings is 2. The van der Waals surface area contributed by atoms with Crippen molar-refractivity contribution in [2.45, 2.75) is 18.5 Å². The van der Waals surface area contributed by atoms with Gasteiger partial charge < -0.3 is 10.1 Å². The van der Waals surface area contributed by atoms with E-state index < -0.39 is 0 Å². The highest BCUT2D eigenvalue weighted by atomic mass is 16.5. The molecule has 0 spiro atoms. The van der Waals surface area contributed by atoms with Crippen molar-refractivity contribution < 1.29 is 9.53 Å². The van der Waals surface area contributed by atoms with E-state index in [4.69, 9.17) is 4.74 Å². The minimum Gasteiger partial charge on any atom is -0.449 e. The summed E-state index contributed by atoms with van der Waals surface area (Å²) in [7, 11) is 2.00. The van der Waals surface area contributed by atoms with Crippen LogP contribution >= 0.6 is 0 Å². The Morgan fingerprint density at radius 3 is 2.26 bits per heavy atom. The number of likely N-dealkylation sites (tertiary alicyclic amines) is 1. The van der Waals surface area contributed by atoms with Crippen LogP contribution in [0.1, 0.15) is 23.5 Å². The third-order valence-electron chi connectivity index (χ3n) is 4.92. The Balaban J connectivity index is 1.49. The highest BCUT2D eigenvalue weighted by Gasteiger charge is 2.30. The van der Waals surface area contributed by atoms with Crippen LogP contribution in [0, 0.1) is 0 Å². The summed E-state index contributed by atoms with van der Waals surface area (Å²) in [6.07, 6.45) is 0.773. The van der Waals surface area contributed by atoms with Crippen LogP contribution in [0.4, 0.5) is 4.79 Å². The molecule has 1 atom stereocenters. The molecule has 0 radical (unpaired) electrons. The predicted octanol–water partition coefficient (Wildman–Crippen LogP) is 3.19. The van der Waals surface area contributed by atoms with E-state index in [2.05, 4.69) is 46.6 Å². The molecule has 1 aliphatic carbocycles. The highest BCUT2D eigenvalue weighted by Crippen LogP contribution is 2.44. The maximum atomic E-state index is 12.0. The number of carbonyl (C=O) groups is 1. The number of fused-ring (bicyclic) bond motifs is 3. The highest BCUT2D eigenvalue weighted by molar-refractivity contribution is 5.79. The maximum Gasteiger partial charge on any atom is 0.408 e. The second-order valence-corrected chi connectivity index (χ2v) is 6.25. The van der Waals surface area contributed by atoms with Gasteiger partial charge in [-0.2, -0.15) is 0 Å². The zero-order chi connectivity index (χ0) is 15.8. The van der Waals surface area contributed by atoms with Crippen molar-refractivity contribution in [3.8, 4) is 11.1 Å². The lowest BCUT2D eigenvalue weighted by Crippen LogP contribution is -2.55. The summed E-state index contributed by atoms with van der Waals surface area (Å²) in [5, 5.41) is 2.90. The number of alkyl carbamates (subject to hydrolysis) is 1. The van der Waals surface area contributed by atoms with Crippen LogP contribution in [-0.4, -0.2) is 37.4 Å². The molecule has 4 nitrogen and oxygen atoms in total. The molecule has 1 saturated heterocycles. The van der Waals surface area contributed by atoms with Crippen molar-refractivity contribution in [3.05, 3.63) is 59.7 Å². The monoisotopic (exact) mass is 308 g/mol. The topological polar surface area (TPSA) is 41.6 Å². The van der Waals surface area contributed by atoms with E-state index in [1.807, 2.05) is 19.2 Å². The van der Waals surface area contributed by atoms with Gasteiger partial charge in [-0.25, -0.2) is 4.79 Å². The summed E-state index contributed by atoms with van der Waals surface area (Å²) >= 11 is 0. The zero-order valence-electron chi connectivity index (χ0n) is 13.2. The first-order chi connectivity index (χ1) is 11.2. The van der Waals surface area contributed by atoms with E-state index in [9.17, 15) is 4.79 Å². The van der Waals surface area contributed by atoms with Crippen molar-refractivity contribution in [2.24, 2.45) is 0 Å². The van der Waals surface area contributed by atoms with Crippen molar-refractivity contribution in [1.82, 2.24) is 10.2 Å². The van der Waals surface area contributed by atoms with Crippen LogP contribution in [-0.2, 0) is 4.74 Å². The van der Waals surface area contributed by atoms with Gasteiger partial charge in [-0.05, 0) is 35.7 Å². The van der Waals surface area contributed by atoms with E-state index in [1.54, 1.807) is 0 Å². The van der Waals surface area contributed by atoms with Crippen LogP contribution in [0.2, 0.25) is 0 Å². The number of nitrogens with zero attached hydrogens (tertiary/aromatic N) is 1. The maximum absolute atomic E-state index is 12.0. The second kappa shape index (κ2) is 5.70. The lowest BCUT2D eigenvalue weighted by atomic mass is 9.98. The summed E-state index contributed by atoms with van der Waals surface area (Å²) in [5.74, 6) is 0.118. The smallest absolute Gasteiger partial charge is 0.408 e. The van der Waals surface area contributed by atoms with Gasteiger partial charge in [0.2, 0.25) is 0 Å². The summed E-state index contributed by atoms with van der Waals surface area (Å²) in [6.45, 7) is 1.39. The van der Waals surface area contributed by atoms with Gasteiger partial charge in [0.1, 0.15) is 6.61 Å². The summed E-state index contributed by atoms with van der Waals surface area (Å²) in [6, 6.07) is 16.7. The van der Waals surface area contributed by atoms with Crippen molar-refractivity contribution in [1.29, 1.82) is 0 Å². The minimum absolute atomic E-state index is 0.116. The zero-order valence-corrected chi connectivity index (χ0v) is 13.2. The third kappa shape index (κ3) is 2.49. The Kier molecular flexibility index (Phi) is 3.54. The fraction of sp³-hybridized carbons (Fsp3) is 0.316. The molecule has 1 unspecified atom stereocenters. The molecule has 1 aliphatic heterocycles. The molecule has 2 aliphatic rings. The molecule has 23 heavy (non-hydrogen) atoms. The van der Waals surface area contributed by atoms with E-state index >= 15 is 0 Å². The van der Waals surface area contributed by atoms with Crippen LogP contribution < -0.4 is 5.32 Å². The molecule has 1 amide bonds. The number of carbonyl (C=O) groups excluding carboxylic acids is 1. The molecule has 2 aromatic carbocycles. The first-order valence-electron chi connectivity index (χ1n) is 8.06. The van der Waals surface area contributed by atoms with Crippen LogP contribution in [0.3, 0.4) is 0 Å². The molecule has 4 rings (SSSR count). The SMILES string of the molecule is CN1CCC1NC(=O)OCC1c2ccccc2-c2ccccc21. The molecule has 1 heterocycles. The number of nitrogens with one attached hydrogen (secondary N) is 1. The van der Waals surface area contributed by atoms with Gasteiger partial charge >= 0.3 is 6.09 Å². The summed E-state index contributed by atoms with van der Waals surface area (Å²) in [4.78, 5) is 14.1. The Morgan fingerprint density at radius 1 is 1.13 bits per heavy atom. The van der Waals surface area contributed by atoms with Crippen LogP contribution in [0.25, 0.3) is 11.1 Å². The van der Waals surface area contributed by atoms with Gasteiger partial charge in [0, 0.05) is 12.5 Å². The Hall–Kier alpha value is -2.33. The fourth-order valence-corrected chi connectivity index (χ4v) is 3.47. The van der Waals surface area contributed by atoms with E-state index in [1.165, 1.54) is 22.3 Å². The van der Waals surface area contributed by atoms with Gasteiger partial charge in [0.15, 0.2) is 0 Å². The first kappa shape index (κ1) is 14.3. The van der Waals surface area contributed by atoms with E-state index in [0.717, 1.165) is 13.0 Å². The van der Waals surface area contributed by atoms with Gasteiger partial charge in [-0.3, -0.25) is 4.90 Å². The molecular formula is C19H20N2O2. The summed E-state index contributed by atoms with van der Waals surface area (Å²) < 4.78 is 5.52. The Bertz CT molecular complexity index is 698. The average Bonchev–Trinajstić information content (AvgIpc) is 2.91. The van der Waals surface area contributed by atoms with Crippen LogP contribution in [0.5, 0.6) is 0 Å². The molecule has 0 aromatic heterocycles. The standard InChI is InChI=1S/C19H20N2O2/c1-21-11-10-18(21)20-19(22)23-12-17-15-8-4-2-6-13(15)14-7-3-5-9-16(14)17/h2-9,17-18H,10-12H2,1H3,(H,20,22). The lowest BCUT2D eigenvalue weighted by molar-refractivity contribution is 0.0761. The van der Waals surface area contributed by atoms with Crippen molar-refractivity contribution in [2.75, 3.05) is 20.2 Å². The first-order valence-corrected chi connectivity index (χ1v) is 8.06. The molecule has 0 bridgehead atoms. The van der Waals surface area contributed by atoms with Gasteiger partial charge in [0.25, 0.3) is 0 Å². The largest absolute Gasteiger partial charge is 0.449 e. The number of hydrogen-bond acceptors (Lipinski definition) is 3. The van der Waals surface area contributed by atoms with Gasteiger partial charge in [-0.15, -0.1) is 0 Å². The van der Waals surface area contributed by atoms with E-state index in [-0.39, 0.29) is 18.2 Å². The predicted molar refractivity (Wildman–Crippen MR) is 89.2 cm³/mol.